The van der Waals surface area contributed by atoms with Gasteiger partial charge in [-0.15, -0.1) is 0 Å². The van der Waals surface area contributed by atoms with E-state index in [2.05, 4.69) is 34.3 Å². The highest BCUT2D eigenvalue weighted by Gasteiger charge is 2.25. The van der Waals surface area contributed by atoms with Crippen molar-refractivity contribution < 1.29 is 17.9 Å². The zero-order valence-corrected chi connectivity index (χ0v) is 20.9. The number of phenolic OH excluding ortho intramolecular Hbond substituents is 1. The number of hydrogen-bond donors (Lipinski definition) is 2. The maximum absolute atomic E-state index is 14.1. The van der Waals surface area contributed by atoms with Crippen LogP contribution in [-0.4, -0.2) is 61.3 Å². The second kappa shape index (κ2) is 10.6. The summed E-state index contributed by atoms with van der Waals surface area (Å²) in [5, 5.41) is 13.0. The topological polar surface area (TPSA) is 95.4 Å². The molecule has 0 spiro atoms. The van der Waals surface area contributed by atoms with Gasteiger partial charge >= 0.3 is 0 Å². The fraction of sp³-hybridized carbons (Fsp3) is 0.440. The average molecular weight is 523 g/mol. The first-order chi connectivity index (χ1) is 16.0. The zero-order chi connectivity index (χ0) is 24.6. The molecule has 1 aliphatic rings. The highest BCUT2D eigenvalue weighted by atomic mass is 35.5. The number of nitrogens with zero attached hydrogens (tertiary/aromatic N) is 3. The van der Waals surface area contributed by atoms with Crippen LogP contribution < -0.4 is 5.32 Å². The van der Waals surface area contributed by atoms with Crippen molar-refractivity contribution in [3.8, 4) is 17.0 Å². The van der Waals surface area contributed by atoms with E-state index in [1.54, 1.807) is 12.1 Å². The van der Waals surface area contributed by atoms with Gasteiger partial charge in [0.05, 0.1) is 21.9 Å². The lowest BCUT2D eigenvalue weighted by Crippen LogP contribution is -2.31. The van der Waals surface area contributed by atoms with Gasteiger partial charge < -0.3 is 15.3 Å². The number of pyridine rings is 2. The van der Waals surface area contributed by atoms with Crippen LogP contribution in [0.4, 0.5) is 10.1 Å². The van der Waals surface area contributed by atoms with Crippen molar-refractivity contribution in [1.29, 1.82) is 0 Å². The largest absolute Gasteiger partial charge is 0.504 e. The molecule has 0 atom stereocenters. The van der Waals surface area contributed by atoms with E-state index in [4.69, 9.17) is 11.6 Å². The van der Waals surface area contributed by atoms with Crippen LogP contribution in [0.3, 0.4) is 0 Å². The van der Waals surface area contributed by atoms with E-state index in [1.807, 2.05) is 0 Å². The number of aromatic hydroxyl groups is 1. The maximum Gasteiger partial charge on any atom is 0.179 e. The summed E-state index contributed by atoms with van der Waals surface area (Å²) in [4.78, 5) is 11.2. The van der Waals surface area contributed by atoms with Crippen molar-refractivity contribution in [2.45, 2.75) is 44.0 Å². The molecule has 2 heterocycles. The van der Waals surface area contributed by atoms with Gasteiger partial charge in [-0.3, -0.25) is 4.98 Å². The predicted molar refractivity (Wildman–Crippen MR) is 139 cm³/mol. The quantitative estimate of drug-likeness (QED) is 0.449. The summed E-state index contributed by atoms with van der Waals surface area (Å²) in [5.41, 5.74) is 2.07. The minimum atomic E-state index is -3.58. The third-order valence-electron chi connectivity index (χ3n) is 6.21. The molecule has 1 fully saturated rings. The molecular weight excluding hydrogens is 491 g/mol. The molecule has 2 aromatic heterocycles. The van der Waals surface area contributed by atoms with Gasteiger partial charge in [0.15, 0.2) is 21.4 Å². The van der Waals surface area contributed by atoms with Gasteiger partial charge in [0.1, 0.15) is 10.4 Å². The number of halogens is 2. The standard InChI is InChI=1S/C24H28ClFN4O3S.CH4/c1-30(2)13-14-4-6-16(7-5-14)28-23-21(34(3,32)33)12-27-20-9-8-19(29-22(20)23)15-10-17(25)24(31)18(26)11-15;/h8-12,14,16,31H,4-7,13H2,1-3H3,(H,27,28);1H4. The Kier molecular flexibility index (Phi) is 8.24. The summed E-state index contributed by atoms with van der Waals surface area (Å²) in [7, 11) is 0.559. The van der Waals surface area contributed by atoms with Gasteiger partial charge in [-0.1, -0.05) is 19.0 Å². The normalized spacial score (nSPS) is 18.5. The molecule has 35 heavy (non-hydrogen) atoms. The Morgan fingerprint density at radius 2 is 1.89 bits per heavy atom. The van der Waals surface area contributed by atoms with Gasteiger partial charge in [-0.25, -0.2) is 17.8 Å². The third-order valence-corrected chi connectivity index (χ3v) is 7.61. The molecule has 3 aromatic rings. The smallest absolute Gasteiger partial charge is 0.179 e. The van der Waals surface area contributed by atoms with E-state index in [0.29, 0.717) is 33.9 Å². The zero-order valence-electron chi connectivity index (χ0n) is 19.3. The number of anilines is 1. The van der Waals surface area contributed by atoms with Gasteiger partial charge in [0.25, 0.3) is 0 Å². The number of sulfone groups is 1. The van der Waals surface area contributed by atoms with Crippen molar-refractivity contribution in [3.05, 3.63) is 41.3 Å². The summed E-state index contributed by atoms with van der Waals surface area (Å²) in [5.74, 6) is -0.866. The Balaban J connectivity index is 0.00000342. The molecule has 0 unspecified atom stereocenters. The van der Waals surface area contributed by atoms with Crippen molar-refractivity contribution in [2.24, 2.45) is 5.92 Å². The summed E-state index contributed by atoms with van der Waals surface area (Å²) >= 11 is 5.95. The van der Waals surface area contributed by atoms with E-state index < -0.39 is 21.4 Å². The molecular formula is C25H32ClFN4O3S. The molecule has 1 saturated carbocycles. The van der Waals surface area contributed by atoms with Gasteiger partial charge in [0.2, 0.25) is 0 Å². The van der Waals surface area contributed by atoms with Gasteiger partial charge in [-0.05, 0) is 70.0 Å². The number of nitrogens with one attached hydrogen (secondary N) is 1. The van der Waals surface area contributed by atoms with Crippen molar-refractivity contribution in [2.75, 3.05) is 32.2 Å². The fourth-order valence-electron chi connectivity index (χ4n) is 4.55. The molecule has 1 aliphatic carbocycles. The monoisotopic (exact) mass is 522 g/mol. The van der Waals surface area contributed by atoms with Crippen LogP contribution in [-0.2, 0) is 9.84 Å². The van der Waals surface area contributed by atoms with E-state index in [1.165, 1.54) is 12.3 Å². The van der Waals surface area contributed by atoms with E-state index in [-0.39, 0.29) is 23.4 Å². The number of aromatic nitrogens is 2. The van der Waals surface area contributed by atoms with Crippen molar-refractivity contribution in [3.63, 3.8) is 0 Å². The Hall–Kier alpha value is -2.49. The minimum absolute atomic E-state index is 0. The van der Waals surface area contributed by atoms with Gasteiger partial charge in [0, 0.05) is 30.6 Å². The third kappa shape index (κ3) is 6.02. The first-order valence-corrected chi connectivity index (χ1v) is 13.4. The summed E-state index contributed by atoms with van der Waals surface area (Å²) in [6.45, 7) is 1.04. The maximum atomic E-state index is 14.1. The molecule has 4 rings (SSSR count). The molecule has 0 radical (unpaired) electrons. The SMILES string of the molecule is C.CN(C)CC1CCC(Nc2c(S(C)(=O)=O)cnc3ccc(-c4cc(F)c(O)c(Cl)c4)nc23)CC1. The highest BCUT2D eigenvalue weighted by molar-refractivity contribution is 7.90. The van der Waals surface area contributed by atoms with E-state index in [0.717, 1.165) is 44.6 Å². The lowest BCUT2D eigenvalue weighted by molar-refractivity contribution is 0.255. The fourth-order valence-corrected chi connectivity index (χ4v) is 5.53. The molecule has 0 amide bonds. The van der Waals surface area contributed by atoms with Crippen LogP contribution in [0.25, 0.3) is 22.3 Å². The highest BCUT2D eigenvalue weighted by Crippen LogP contribution is 2.36. The minimum Gasteiger partial charge on any atom is -0.504 e. The molecule has 7 nitrogen and oxygen atoms in total. The molecule has 0 aliphatic heterocycles. The van der Waals surface area contributed by atoms with Crippen LogP contribution in [0.1, 0.15) is 33.1 Å². The Morgan fingerprint density at radius 1 is 1.20 bits per heavy atom. The van der Waals surface area contributed by atoms with Crippen LogP contribution in [0.15, 0.2) is 35.4 Å². The molecule has 190 valence electrons. The van der Waals surface area contributed by atoms with Crippen LogP contribution in [0.2, 0.25) is 5.02 Å². The lowest BCUT2D eigenvalue weighted by atomic mass is 9.85. The number of hydrogen-bond acceptors (Lipinski definition) is 7. The molecule has 0 bridgehead atoms. The number of phenols is 1. The number of rotatable bonds is 6. The first-order valence-electron chi connectivity index (χ1n) is 11.1. The molecule has 2 N–H and O–H groups in total. The lowest BCUT2D eigenvalue weighted by Gasteiger charge is -2.31. The summed E-state index contributed by atoms with van der Waals surface area (Å²) in [6.07, 6.45) is 6.45. The van der Waals surface area contributed by atoms with Crippen molar-refractivity contribution >= 4 is 38.2 Å². The number of fused-ring (bicyclic) bond motifs is 1. The Labute approximate surface area is 211 Å². The van der Waals surface area contributed by atoms with Crippen LogP contribution in [0, 0.1) is 11.7 Å². The Morgan fingerprint density at radius 3 is 2.49 bits per heavy atom. The second-order valence-electron chi connectivity index (χ2n) is 9.25. The molecule has 1 aromatic carbocycles. The Bertz CT molecular complexity index is 1300. The summed E-state index contributed by atoms with van der Waals surface area (Å²) in [6, 6.07) is 6.04. The predicted octanol–water partition coefficient (Wildman–Crippen LogP) is 5.37. The molecule has 0 saturated heterocycles. The van der Waals surface area contributed by atoms with E-state index >= 15 is 0 Å². The summed E-state index contributed by atoms with van der Waals surface area (Å²) < 4.78 is 39.3. The van der Waals surface area contributed by atoms with Crippen LogP contribution in [0.5, 0.6) is 5.75 Å². The van der Waals surface area contributed by atoms with Crippen LogP contribution >= 0.6 is 11.6 Å². The second-order valence-corrected chi connectivity index (χ2v) is 11.6. The molecule has 10 heteroatoms. The van der Waals surface area contributed by atoms with E-state index in [9.17, 15) is 17.9 Å². The number of benzene rings is 1. The first kappa shape index (κ1) is 27.1. The average Bonchev–Trinajstić information content (AvgIpc) is 2.77. The van der Waals surface area contributed by atoms with Crippen molar-refractivity contribution in [1.82, 2.24) is 14.9 Å². The van der Waals surface area contributed by atoms with Gasteiger partial charge in [-0.2, -0.15) is 0 Å².